The SMILES string of the molecule is CC=CCOCCCCCCNCCC. The summed E-state index contributed by atoms with van der Waals surface area (Å²) in [7, 11) is 0. The van der Waals surface area contributed by atoms with Crippen LogP contribution in [0.15, 0.2) is 12.2 Å². The Morgan fingerprint density at radius 1 is 1.07 bits per heavy atom. The molecule has 0 aromatic rings. The molecule has 0 aliphatic heterocycles. The molecule has 15 heavy (non-hydrogen) atoms. The molecule has 0 radical (unpaired) electrons. The first kappa shape index (κ1) is 14.7. The van der Waals surface area contributed by atoms with E-state index in [1.807, 2.05) is 13.0 Å². The number of ether oxygens (including phenoxy) is 1. The molecule has 0 aromatic carbocycles. The second-order valence-corrected chi connectivity index (χ2v) is 3.81. The fourth-order valence-electron chi connectivity index (χ4n) is 1.36. The van der Waals surface area contributed by atoms with Gasteiger partial charge in [0.2, 0.25) is 0 Å². The molecule has 0 saturated heterocycles. The summed E-state index contributed by atoms with van der Waals surface area (Å²) in [6, 6.07) is 0. The highest BCUT2D eigenvalue weighted by Crippen LogP contribution is 1.99. The van der Waals surface area contributed by atoms with Crippen LogP contribution in [0.3, 0.4) is 0 Å². The fraction of sp³-hybridized carbons (Fsp3) is 0.846. The molecule has 0 saturated carbocycles. The van der Waals surface area contributed by atoms with Crippen molar-refractivity contribution in [1.82, 2.24) is 5.32 Å². The van der Waals surface area contributed by atoms with Crippen LogP contribution in [0.5, 0.6) is 0 Å². The highest BCUT2D eigenvalue weighted by atomic mass is 16.5. The first-order valence-electron chi connectivity index (χ1n) is 6.31. The van der Waals surface area contributed by atoms with E-state index in [-0.39, 0.29) is 0 Å². The van der Waals surface area contributed by atoms with Gasteiger partial charge in [0.1, 0.15) is 0 Å². The van der Waals surface area contributed by atoms with Crippen molar-refractivity contribution in [3.63, 3.8) is 0 Å². The number of rotatable bonds is 11. The van der Waals surface area contributed by atoms with Crippen LogP contribution in [-0.2, 0) is 4.74 Å². The molecule has 2 nitrogen and oxygen atoms in total. The molecule has 0 aliphatic rings. The zero-order valence-corrected chi connectivity index (χ0v) is 10.4. The Morgan fingerprint density at radius 2 is 1.87 bits per heavy atom. The van der Waals surface area contributed by atoms with Gasteiger partial charge in [0.05, 0.1) is 6.61 Å². The van der Waals surface area contributed by atoms with Gasteiger partial charge in [0.15, 0.2) is 0 Å². The van der Waals surface area contributed by atoms with E-state index in [4.69, 9.17) is 4.74 Å². The second-order valence-electron chi connectivity index (χ2n) is 3.81. The van der Waals surface area contributed by atoms with Crippen LogP contribution in [0, 0.1) is 0 Å². The lowest BCUT2D eigenvalue weighted by Gasteiger charge is -2.03. The van der Waals surface area contributed by atoms with Gasteiger partial charge in [-0.2, -0.15) is 0 Å². The maximum absolute atomic E-state index is 5.42. The predicted octanol–water partition coefficient (Wildman–Crippen LogP) is 3.14. The van der Waals surface area contributed by atoms with Gasteiger partial charge in [-0.05, 0) is 39.3 Å². The van der Waals surface area contributed by atoms with Crippen LogP contribution >= 0.6 is 0 Å². The van der Waals surface area contributed by atoms with Gasteiger partial charge in [-0.25, -0.2) is 0 Å². The largest absolute Gasteiger partial charge is 0.377 e. The Kier molecular flexibility index (Phi) is 13.4. The number of hydrogen-bond donors (Lipinski definition) is 1. The van der Waals surface area contributed by atoms with Gasteiger partial charge in [-0.3, -0.25) is 0 Å². The molecule has 0 spiro atoms. The number of allylic oxidation sites excluding steroid dienone is 1. The molecule has 0 fully saturated rings. The first-order valence-corrected chi connectivity index (χ1v) is 6.31. The topological polar surface area (TPSA) is 21.3 Å². The number of hydrogen-bond acceptors (Lipinski definition) is 2. The standard InChI is InChI=1S/C13H27NO/c1-3-5-12-15-13-9-7-6-8-11-14-10-4-2/h3,5,14H,4,6-13H2,1-2H3. The number of nitrogens with one attached hydrogen (secondary N) is 1. The van der Waals surface area contributed by atoms with E-state index in [2.05, 4.69) is 18.3 Å². The summed E-state index contributed by atoms with van der Waals surface area (Å²) in [5.74, 6) is 0. The molecule has 0 heterocycles. The van der Waals surface area contributed by atoms with Crippen LogP contribution in [0.4, 0.5) is 0 Å². The zero-order chi connectivity index (χ0) is 11.2. The van der Waals surface area contributed by atoms with Gasteiger partial charge < -0.3 is 10.1 Å². The summed E-state index contributed by atoms with van der Waals surface area (Å²) in [4.78, 5) is 0. The van der Waals surface area contributed by atoms with Crippen molar-refractivity contribution in [2.24, 2.45) is 0 Å². The molecule has 0 atom stereocenters. The van der Waals surface area contributed by atoms with Crippen molar-refractivity contribution in [1.29, 1.82) is 0 Å². The molecule has 0 aliphatic carbocycles. The van der Waals surface area contributed by atoms with Crippen molar-refractivity contribution in [2.45, 2.75) is 46.0 Å². The average molecular weight is 213 g/mol. The van der Waals surface area contributed by atoms with Gasteiger partial charge in [-0.15, -0.1) is 0 Å². The average Bonchev–Trinajstić information content (AvgIpc) is 2.26. The van der Waals surface area contributed by atoms with Crippen LogP contribution in [0.25, 0.3) is 0 Å². The van der Waals surface area contributed by atoms with E-state index >= 15 is 0 Å². The Labute approximate surface area is 95.1 Å². The van der Waals surface area contributed by atoms with Crippen molar-refractivity contribution in [3.8, 4) is 0 Å². The lowest BCUT2D eigenvalue weighted by atomic mass is 10.2. The van der Waals surface area contributed by atoms with Crippen molar-refractivity contribution >= 4 is 0 Å². The molecule has 0 rings (SSSR count). The molecular weight excluding hydrogens is 186 g/mol. The molecule has 0 bridgehead atoms. The van der Waals surface area contributed by atoms with E-state index in [0.717, 1.165) is 19.8 Å². The molecule has 1 N–H and O–H groups in total. The van der Waals surface area contributed by atoms with E-state index < -0.39 is 0 Å². The van der Waals surface area contributed by atoms with E-state index in [9.17, 15) is 0 Å². The van der Waals surface area contributed by atoms with Gasteiger partial charge in [0, 0.05) is 6.61 Å². The fourth-order valence-corrected chi connectivity index (χ4v) is 1.36. The van der Waals surface area contributed by atoms with E-state index in [0.29, 0.717) is 0 Å². The molecule has 90 valence electrons. The third-order valence-electron chi connectivity index (χ3n) is 2.27. The van der Waals surface area contributed by atoms with Gasteiger partial charge in [0.25, 0.3) is 0 Å². The summed E-state index contributed by atoms with van der Waals surface area (Å²) >= 11 is 0. The zero-order valence-electron chi connectivity index (χ0n) is 10.4. The Bertz CT molecular complexity index is 134. The summed E-state index contributed by atoms with van der Waals surface area (Å²) in [5, 5.41) is 3.41. The molecular formula is C13H27NO. The van der Waals surface area contributed by atoms with Crippen LogP contribution < -0.4 is 5.32 Å². The molecule has 0 unspecified atom stereocenters. The highest BCUT2D eigenvalue weighted by Gasteiger charge is 1.90. The lowest BCUT2D eigenvalue weighted by molar-refractivity contribution is 0.157. The van der Waals surface area contributed by atoms with Crippen molar-refractivity contribution in [2.75, 3.05) is 26.3 Å². The summed E-state index contributed by atoms with van der Waals surface area (Å²) in [6.45, 7) is 8.24. The Hall–Kier alpha value is -0.340. The summed E-state index contributed by atoms with van der Waals surface area (Å²) in [5.41, 5.74) is 0. The van der Waals surface area contributed by atoms with Crippen LogP contribution in [0.2, 0.25) is 0 Å². The normalized spacial score (nSPS) is 11.3. The lowest BCUT2D eigenvalue weighted by Crippen LogP contribution is -2.15. The maximum atomic E-state index is 5.42. The molecule has 0 aromatic heterocycles. The third kappa shape index (κ3) is 13.7. The Morgan fingerprint density at radius 3 is 2.60 bits per heavy atom. The smallest absolute Gasteiger partial charge is 0.0647 e. The maximum Gasteiger partial charge on any atom is 0.0647 e. The molecule has 2 heteroatoms. The Balaban J connectivity index is 2.86. The minimum Gasteiger partial charge on any atom is -0.377 e. The first-order chi connectivity index (χ1) is 7.41. The van der Waals surface area contributed by atoms with Crippen LogP contribution in [0.1, 0.15) is 46.0 Å². The van der Waals surface area contributed by atoms with Crippen molar-refractivity contribution in [3.05, 3.63) is 12.2 Å². The second kappa shape index (κ2) is 13.7. The predicted molar refractivity (Wildman–Crippen MR) is 67.3 cm³/mol. The minimum absolute atomic E-state index is 0.772. The van der Waals surface area contributed by atoms with Crippen molar-refractivity contribution < 1.29 is 4.74 Å². The van der Waals surface area contributed by atoms with Crippen LogP contribution in [-0.4, -0.2) is 26.3 Å². The third-order valence-corrected chi connectivity index (χ3v) is 2.27. The molecule has 0 amide bonds. The number of unbranched alkanes of at least 4 members (excludes halogenated alkanes) is 3. The summed E-state index contributed by atoms with van der Waals surface area (Å²) < 4.78 is 5.42. The highest BCUT2D eigenvalue weighted by molar-refractivity contribution is 4.75. The van der Waals surface area contributed by atoms with Gasteiger partial charge >= 0.3 is 0 Å². The minimum atomic E-state index is 0.772. The van der Waals surface area contributed by atoms with E-state index in [1.165, 1.54) is 38.6 Å². The quantitative estimate of drug-likeness (QED) is 0.420. The summed E-state index contributed by atoms with van der Waals surface area (Å²) in [6.07, 6.45) is 10.4. The van der Waals surface area contributed by atoms with E-state index in [1.54, 1.807) is 0 Å². The monoisotopic (exact) mass is 213 g/mol. The van der Waals surface area contributed by atoms with Gasteiger partial charge in [-0.1, -0.05) is 31.9 Å².